The monoisotopic (exact) mass is 276 g/mol. The predicted molar refractivity (Wildman–Crippen MR) is 80.7 cm³/mol. The molecule has 3 nitrogen and oxygen atoms in total. The molecule has 0 unspecified atom stereocenters. The van der Waals surface area contributed by atoms with Crippen LogP contribution in [-0.4, -0.2) is 18.1 Å². The number of rotatable bonds is 7. The van der Waals surface area contributed by atoms with Crippen molar-refractivity contribution in [2.45, 2.75) is 26.2 Å². The number of nitrogens with zero attached hydrogens (tertiary/aromatic N) is 1. The van der Waals surface area contributed by atoms with Gasteiger partial charge in [-0.1, -0.05) is 0 Å². The van der Waals surface area contributed by atoms with E-state index >= 15 is 0 Å². The van der Waals surface area contributed by atoms with Crippen molar-refractivity contribution >= 4 is 11.3 Å². The third-order valence-electron chi connectivity index (χ3n) is 2.86. The Morgan fingerprint density at radius 1 is 1.21 bits per heavy atom. The topological polar surface area (TPSA) is 48.1 Å². The minimum Gasteiger partial charge on any atom is -0.494 e. The first kappa shape index (κ1) is 14.0. The maximum absolute atomic E-state index is 5.50. The number of nitrogens with two attached hydrogens (primary N) is 1. The lowest BCUT2D eigenvalue weighted by Crippen LogP contribution is -1.98. The molecule has 0 radical (unpaired) electrons. The quantitative estimate of drug-likeness (QED) is 0.787. The Morgan fingerprint density at radius 3 is 2.68 bits per heavy atom. The second kappa shape index (κ2) is 7.26. The first-order chi connectivity index (χ1) is 9.33. The van der Waals surface area contributed by atoms with Gasteiger partial charge in [0.2, 0.25) is 0 Å². The van der Waals surface area contributed by atoms with Gasteiger partial charge < -0.3 is 10.5 Å². The van der Waals surface area contributed by atoms with Crippen molar-refractivity contribution in [2.24, 2.45) is 5.73 Å². The van der Waals surface area contributed by atoms with Crippen LogP contribution in [0.3, 0.4) is 0 Å². The summed E-state index contributed by atoms with van der Waals surface area (Å²) in [4.78, 5) is 4.66. The lowest BCUT2D eigenvalue weighted by atomic mass is 10.2. The van der Waals surface area contributed by atoms with Gasteiger partial charge in [-0.25, -0.2) is 4.98 Å². The maximum atomic E-state index is 5.50. The molecule has 0 saturated heterocycles. The van der Waals surface area contributed by atoms with E-state index in [1.807, 2.05) is 19.1 Å². The van der Waals surface area contributed by atoms with E-state index in [9.17, 15) is 0 Å². The summed E-state index contributed by atoms with van der Waals surface area (Å²) in [5.41, 5.74) is 7.69. The summed E-state index contributed by atoms with van der Waals surface area (Å²) in [5, 5.41) is 3.31. The van der Waals surface area contributed by atoms with Crippen molar-refractivity contribution < 1.29 is 4.74 Å². The number of thiazole rings is 1. The Labute approximate surface area is 118 Å². The van der Waals surface area contributed by atoms with Gasteiger partial charge in [-0.3, -0.25) is 0 Å². The molecule has 2 aromatic rings. The van der Waals surface area contributed by atoms with E-state index < -0.39 is 0 Å². The lowest BCUT2D eigenvalue weighted by Gasteiger charge is -2.03. The fourth-order valence-electron chi connectivity index (χ4n) is 1.87. The molecule has 0 aliphatic heterocycles. The molecule has 0 bridgehead atoms. The zero-order chi connectivity index (χ0) is 13.5. The van der Waals surface area contributed by atoms with Gasteiger partial charge in [-0.15, -0.1) is 11.3 Å². The van der Waals surface area contributed by atoms with Crippen LogP contribution >= 0.6 is 11.3 Å². The van der Waals surface area contributed by atoms with Gasteiger partial charge in [0.15, 0.2) is 0 Å². The molecule has 0 spiro atoms. The molecule has 0 aliphatic rings. The van der Waals surface area contributed by atoms with Crippen LogP contribution in [0.4, 0.5) is 0 Å². The molecule has 4 heteroatoms. The Morgan fingerprint density at radius 2 is 2.00 bits per heavy atom. The Balaban J connectivity index is 2.01. The molecular formula is C15H20N2OS. The standard InChI is InChI=1S/C15H20N2OS/c1-2-18-13-8-6-12(7-9-13)14-11-19-15(17-14)5-3-4-10-16/h6-9,11H,2-5,10,16H2,1H3. The maximum Gasteiger partial charge on any atom is 0.119 e. The second-order valence-corrected chi connectivity index (χ2v) is 5.27. The summed E-state index contributed by atoms with van der Waals surface area (Å²) in [7, 11) is 0. The SMILES string of the molecule is CCOc1ccc(-c2csc(CCCCN)n2)cc1. The van der Waals surface area contributed by atoms with Gasteiger partial charge in [0.1, 0.15) is 5.75 Å². The van der Waals surface area contributed by atoms with E-state index in [4.69, 9.17) is 10.5 Å². The Kier molecular flexibility index (Phi) is 5.36. The van der Waals surface area contributed by atoms with Crippen molar-refractivity contribution in [3.63, 3.8) is 0 Å². The van der Waals surface area contributed by atoms with E-state index in [1.165, 1.54) is 5.01 Å². The molecule has 0 atom stereocenters. The van der Waals surface area contributed by atoms with E-state index in [1.54, 1.807) is 11.3 Å². The summed E-state index contributed by atoms with van der Waals surface area (Å²) >= 11 is 1.73. The third-order valence-corrected chi connectivity index (χ3v) is 3.77. The first-order valence-electron chi connectivity index (χ1n) is 6.71. The number of hydrogen-bond acceptors (Lipinski definition) is 4. The Hall–Kier alpha value is -1.39. The fourth-order valence-corrected chi connectivity index (χ4v) is 2.72. The van der Waals surface area contributed by atoms with Crippen LogP contribution in [0.5, 0.6) is 5.75 Å². The zero-order valence-corrected chi connectivity index (χ0v) is 12.1. The van der Waals surface area contributed by atoms with Crippen LogP contribution in [0.1, 0.15) is 24.8 Å². The van der Waals surface area contributed by atoms with Crippen LogP contribution in [0, 0.1) is 0 Å². The number of ether oxygens (including phenoxy) is 1. The molecule has 0 amide bonds. The van der Waals surface area contributed by atoms with Crippen LogP contribution in [0.2, 0.25) is 0 Å². The number of unbranched alkanes of at least 4 members (excludes halogenated alkanes) is 1. The molecular weight excluding hydrogens is 256 g/mol. The van der Waals surface area contributed by atoms with Crippen LogP contribution in [0.25, 0.3) is 11.3 Å². The van der Waals surface area contributed by atoms with Crippen molar-refractivity contribution in [2.75, 3.05) is 13.2 Å². The average molecular weight is 276 g/mol. The van der Waals surface area contributed by atoms with Crippen molar-refractivity contribution in [1.29, 1.82) is 0 Å². The normalized spacial score (nSPS) is 10.6. The van der Waals surface area contributed by atoms with E-state index in [0.29, 0.717) is 6.61 Å². The molecule has 2 N–H and O–H groups in total. The third kappa shape index (κ3) is 4.04. The van der Waals surface area contributed by atoms with Crippen molar-refractivity contribution in [1.82, 2.24) is 4.98 Å². The average Bonchev–Trinajstić information content (AvgIpc) is 2.89. The summed E-state index contributed by atoms with van der Waals surface area (Å²) in [6.45, 7) is 3.44. The molecule has 1 heterocycles. The first-order valence-corrected chi connectivity index (χ1v) is 7.59. The van der Waals surface area contributed by atoms with Crippen molar-refractivity contribution in [3.05, 3.63) is 34.7 Å². The molecule has 1 aromatic carbocycles. The number of benzene rings is 1. The predicted octanol–water partition coefficient (Wildman–Crippen LogP) is 3.49. The lowest BCUT2D eigenvalue weighted by molar-refractivity contribution is 0.340. The molecule has 0 saturated carbocycles. The zero-order valence-electron chi connectivity index (χ0n) is 11.3. The largest absolute Gasteiger partial charge is 0.494 e. The van der Waals surface area contributed by atoms with Gasteiger partial charge >= 0.3 is 0 Å². The highest BCUT2D eigenvalue weighted by Crippen LogP contribution is 2.24. The highest BCUT2D eigenvalue weighted by molar-refractivity contribution is 7.09. The molecule has 19 heavy (non-hydrogen) atoms. The molecule has 0 fully saturated rings. The summed E-state index contributed by atoms with van der Waals surface area (Å²) in [6.07, 6.45) is 3.21. The molecule has 2 rings (SSSR count). The van der Waals surface area contributed by atoms with Crippen LogP contribution in [0.15, 0.2) is 29.6 Å². The Bertz CT molecular complexity index is 493. The fraction of sp³-hybridized carbons (Fsp3) is 0.400. The minimum absolute atomic E-state index is 0.696. The van der Waals surface area contributed by atoms with Gasteiger partial charge in [0, 0.05) is 10.9 Å². The van der Waals surface area contributed by atoms with Gasteiger partial charge in [0.25, 0.3) is 0 Å². The van der Waals surface area contributed by atoms with Crippen LogP contribution in [-0.2, 0) is 6.42 Å². The number of aryl methyl sites for hydroxylation is 1. The summed E-state index contributed by atoms with van der Waals surface area (Å²) in [5.74, 6) is 0.907. The molecule has 1 aromatic heterocycles. The number of hydrogen-bond donors (Lipinski definition) is 1. The smallest absolute Gasteiger partial charge is 0.119 e. The van der Waals surface area contributed by atoms with Gasteiger partial charge in [-0.2, -0.15) is 0 Å². The van der Waals surface area contributed by atoms with Gasteiger partial charge in [0.05, 0.1) is 17.3 Å². The summed E-state index contributed by atoms with van der Waals surface area (Å²) in [6, 6.07) is 8.10. The molecule has 0 aliphatic carbocycles. The van der Waals surface area contributed by atoms with Crippen molar-refractivity contribution in [3.8, 4) is 17.0 Å². The van der Waals surface area contributed by atoms with E-state index in [2.05, 4.69) is 22.5 Å². The minimum atomic E-state index is 0.696. The van der Waals surface area contributed by atoms with Gasteiger partial charge in [-0.05, 0) is 57.0 Å². The van der Waals surface area contributed by atoms with Crippen LogP contribution < -0.4 is 10.5 Å². The molecule has 102 valence electrons. The van der Waals surface area contributed by atoms with E-state index in [0.717, 1.165) is 42.8 Å². The summed E-state index contributed by atoms with van der Waals surface area (Å²) < 4.78 is 5.44. The van der Waals surface area contributed by atoms with E-state index in [-0.39, 0.29) is 0 Å². The highest BCUT2D eigenvalue weighted by atomic mass is 32.1. The second-order valence-electron chi connectivity index (χ2n) is 4.33. The number of aromatic nitrogens is 1. The highest BCUT2D eigenvalue weighted by Gasteiger charge is 2.04.